The third-order valence-corrected chi connectivity index (χ3v) is 5.45. The summed E-state index contributed by atoms with van der Waals surface area (Å²) >= 11 is 1.50. The van der Waals surface area contributed by atoms with Crippen molar-refractivity contribution in [3.05, 3.63) is 65.5 Å². The van der Waals surface area contributed by atoms with Gasteiger partial charge in [-0.25, -0.2) is 4.98 Å². The van der Waals surface area contributed by atoms with Gasteiger partial charge in [0.15, 0.2) is 0 Å². The zero-order chi connectivity index (χ0) is 18.6. The molecule has 1 atom stereocenters. The van der Waals surface area contributed by atoms with E-state index in [2.05, 4.69) is 40.6 Å². The Balaban J connectivity index is 1.38. The van der Waals surface area contributed by atoms with E-state index in [0.29, 0.717) is 6.04 Å². The van der Waals surface area contributed by atoms with E-state index in [1.165, 1.54) is 22.7 Å². The van der Waals surface area contributed by atoms with Crippen molar-refractivity contribution < 1.29 is 4.74 Å². The van der Waals surface area contributed by atoms with Gasteiger partial charge < -0.3 is 15.0 Å². The number of ether oxygens (including phenoxy) is 1. The molecule has 1 aliphatic heterocycles. The first-order valence-electron chi connectivity index (χ1n) is 9.30. The number of piperazine rings is 1. The van der Waals surface area contributed by atoms with E-state index in [4.69, 9.17) is 9.72 Å². The van der Waals surface area contributed by atoms with Gasteiger partial charge >= 0.3 is 0 Å². The highest BCUT2D eigenvalue weighted by atomic mass is 32.1. The van der Waals surface area contributed by atoms with Crippen LogP contribution >= 0.6 is 11.5 Å². The normalized spacial score (nSPS) is 17.1. The van der Waals surface area contributed by atoms with Crippen LogP contribution in [0.15, 0.2) is 48.5 Å². The van der Waals surface area contributed by atoms with Crippen LogP contribution in [0.1, 0.15) is 23.9 Å². The topological polar surface area (TPSA) is 50.3 Å². The molecule has 140 valence electrons. The number of nitrogens with one attached hydrogen (secondary N) is 1. The Morgan fingerprint density at radius 1 is 1.11 bits per heavy atom. The van der Waals surface area contributed by atoms with Crippen molar-refractivity contribution in [2.45, 2.75) is 26.3 Å². The fourth-order valence-corrected chi connectivity index (χ4v) is 3.87. The van der Waals surface area contributed by atoms with E-state index in [0.717, 1.165) is 48.5 Å². The molecule has 3 aromatic rings. The number of aryl methyl sites for hydroxylation is 1. The summed E-state index contributed by atoms with van der Waals surface area (Å²) in [7, 11) is 0. The van der Waals surface area contributed by atoms with Gasteiger partial charge in [-0.2, -0.15) is 4.37 Å². The van der Waals surface area contributed by atoms with Crippen molar-refractivity contribution >= 4 is 16.7 Å². The average molecular weight is 381 g/mol. The summed E-state index contributed by atoms with van der Waals surface area (Å²) in [5.74, 6) is 2.57. The van der Waals surface area contributed by atoms with Crippen LogP contribution in [0.25, 0.3) is 0 Å². The highest BCUT2D eigenvalue weighted by molar-refractivity contribution is 7.09. The molecule has 1 aliphatic rings. The Labute approximate surface area is 164 Å². The number of rotatable bonds is 5. The standard InChI is InChI=1S/C21H24N4OS/c1-15-3-7-18(8-4-15)26-19-9-5-17(6-10-19)13-20-23-21(27-24-20)25-12-11-22-16(2)14-25/h3-10,16,22H,11-14H2,1-2H3. The molecule has 0 bridgehead atoms. The molecule has 0 radical (unpaired) electrons. The number of hydrogen-bond acceptors (Lipinski definition) is 6. The van der Waals surface area contributed by atoms with Gasteiger partial charge in [0.2, 0.25) is 5.13 Å². The van der Waals surface area contributed by atoms with Crippen LogP contribution in [0.5, 0.6) is 11.5 Å². The van der Waals surface area contributed by atoms with Crippen LogP contribution in [0.2, 0.25) is 0 Å². The smallest absolute Gasteiger partial charge is 0.205 e. The molecule has 1 fully saturated rings. The summed E-state index contributed by atoms with van der Waals surface area (Å²) in [5, 5.41) is 4.48. The van der Waals surface area contributed by atoms with E-state index in [1.807, 2.05) is 36.4 Å². The summed E-state index contributed by atoms with van der Waals surface area (Å²) in [6, 6.07) is 16.7. The maximum absolute atomic E-state index is 5.89. The largest absolute Gasteiger partial charge is 0.457 e. The summed E-state index contributed by atoms with van der Waals surface area (Å²) in [4.78, 5) is 7.06. The van der Waals surface area contributed by atoms with Crippen LogP contribution in [0.4, 0.5) is 5.13 Å². The third-order valence-electron chi connectivity index (χ3n) is 4.64. The lowest BCUT2D eigenvalue weighted by atomic mass is 10.1. The molecule has 2 aromatic carbocycles. The molecule has 0 saturated carbocycles. The van der Waals surface area contributed by atoms with Crippen LogP contribution < -0.4 is 15.0 Å². The van der Waals surface area contributed by atoms with E-state index < -0.39 is 0 Å². The lowest BCUT2D eigenvalue weighted by molar-refractivity contribution is 0.482. The molecular formula is C21H24N4OS. The second kappa shape index (κ2) is 8.06. The van der Waals surface area contributed by atoms with Gasteiger partial charge in [0, 0.05) is 43.6 Å². The number of aromatic nitrogens is 2. The van der Waals surface area contributed by atoms with E-state index >= 15 is 0 Å². The summed E-state index contributed by atoms with van der Waals surface area (Å²) in [6.45, 7) is 7.25. The van der Waals surface area contributed by atoms with Crippen molar-refractivity contribution in [2.24, 2.45) is 0 Å². The molecule has 0 amide bonds. The van der Waals surface area contributed by atoms with Gasteiger partial charge in [-0.3, -0.25) is 0 Å². The van der Waals surface area contributed by atoms with Gasteiger partial charge in [-0.1, -0.05) is 29.8 Å². The fraction of sp³-hybridized carbons (Fsp3) is 0.333. The first kappa shape index (κ1) is 17.9. The molecule has 1 N–H and O–H groups in total. The first-order valence-corrected chi connectivity index (χ1v) is 10.1. The van der Waals surface area contributed by atoms with E-state index in [-0.39, 0.29) is 0 Å². The first-order chi connectivity index (χ1) is 13.2. The summed E-state index contributed by atoms with van der Waals surface area (Å²) in [6.07, 6.45) is 0.739. The van der Waals surface area contributed by atoms with Gasteiger partial charge in [0.1, 0.15) is 17.3 Å². The van der Waals surface area contributed by atoms with Crippen LogP contribution in [-0.2, 0) is 6.42 Å². The molecule has 2 heterocycles. The quantitative estimate of drug-likeness (QED) is 0.724. The van der Waals surface area contributed by atoms with Gasteiger partial charge in [-0.05, 0) is 43.7 Å². The Bertz CT molecular complexity index is 876. The van der Waals surface area contributed by atoms with Crippen molar-refractivity contribution in [1.82, 2.24) is 14.7 Å². The van der Waals surface area contributed by atoms with Crippen molar-refractivity contribution in [3.63, 3.8) is 0 Å². The van der Waals surface area contributed by atoms with Crippen molar-refractivity contribution in [2.75, 3.05) is 24.5 Å². The maximum Gasteiger partial charge on any atom is 0.205 e. The van der Waals surface area contributed by atoms with Crippen LogP contribution in [0.3, 0.4) is 0 Å². The Hall–Kier alpha value is -2.44. The Morgan fingerprint density at radius 2 is 1.81 bits per heavy atom. The van der Waals surface area contributed by atoms with Gasteiger partial charge in [0.05, 0.1) is 0 Å². The van der Waals surface area contributed by atoms with Crippen LogP contribution in [0, 0.1) is 6.92 Å². The minimum absolute atomic E-state index is 0.493. The monoisotopic (exact) mass is 380 g/mol. The van der Waals surface area contributed by atoms with Crippen LogP contribution in [-0.4, -0.2) is 35.0 Å². The Morgan fingerprint density at radius 3 is 2.52 bits per heavy atom. The zero-order valence-corrected chi connectivity index (χ0v) is 16.5. The summed E-state index contributed by atoms with van der Waals surface area (Å²) in [5.41, 5.74) is 2.41. The molecule has 1 unspecified atom stereocenters. The highest BCUT2D eigenvalue weighted by Gasteiger charge is 2.19. The maximum atomic E-state index is 5.89. The fourth-order valence-electron chi connectivity index (χ4n) is 3.15. The second-order valence-corrected chi connectivity index (χ2v) is 7.76. The minimum atomic E-state index is 0.493. The second-order valence-electron chi connectivity index (χ2n) is 7.03. The highest BCUT2D eigenvalue weighted by Crippen LogP contribution is 2.24. The number of hydrogen-bond donors (Lipinski definition) is 1. The average Bonchev–Trinajstić information content (AvgIpc) is 3.14. The SMILES string of the molecule is Cc1ccc(Oc2ccc(Cc3nsc(N4CCNC(C)C4)n3)cc2)cc1. The predicted molar refractivity (Wildman–Crippen MR) is 110 cm³/mol. The van der Waals surface area contributed by atoms with E-state index in [1.54, 1.807) is 0 Å². The molecule has 1 saturated heterocycles. The molecule has 1 aromatic heterocycles. The lowest BCUT2D eigenvalue weighted by Gasteiger charge is -2.31. The van der Waals surface area contributed by atoms with Crippen molar-refractivity contribution in [3.8, 4) is 11.5 Å². The predicted octanol–water partition coefficient (Wildman–Crippen LogP) is 4.03. The zero-order valence-electron chi connectivity index (χ0n) is 15.7. The van der Waals surface area contributed by atoms with Gasteiger partial charge in [0.25, 0.3) is 0 Å². The van der Waals surface area contributed by atoms with Crippen molar-refractivity contribution in [1.29, 1.82) is 0 Å². The molecule has 0 aliphatic carbocycles. The molecule has 6 heteroatoms. The summed E-state index contributed by atoms with van der Waals surface area (Å²) < 4.78 is 10.4. The number of nitrogens with zero attached hydrogens (tertiary/aromatic N) is 3. The number of anilines is 1. The van der Waals surface area contributed by atoms with E-state index in [9.17, 15) is 0 Å². The van der Waals surface area contributed by atoms with Gasteiger partial charge in [-0.15, -0.1) is 0 Å². The molecule has 0 spiro atoms. The third kappa shape index (κ3) is 4.64. The molecule has 5 nitrogen and oxygen atoms in total. The molecule has 4 rings (SSSR count). The lowest BCUT2D eigenvalue weighted by Crippen LogP contribution is -2.49. The molecule has 27 heavy (non-hydrogen) atoms. The number of benzene rings is 2. The molecular weight excluding hydrogens is 356 g/mol. The minimum Gasteiger partial charge on any atom is -0.457 e. The Kier molecular flexibility index (Phi) is 5.36.